The molecule has 0 bridgehead atoms. The molecule has 7 nitrogen and oxygen atoms in total. The number of nitrogens with one attached hydrogen (secondary N) is 1. The van der Waals surface area contributed by atoms with Crippen LogP contribution in [0.25, 0.3) is 5.52 Å². The van der Waals surface area contributed by atoms with E-state index in [-0.39, 0.29) is 35.0 Å². The Morgan fingerprint density at radius 1 is 1.09 bits per heavy atom. The van der Waals surface area contributed by atoms with Gasteiger partial charge in [0.15, 0.2) is 5.69 Å². The van der Waals surface area contributed by atoms with E-state index in [1.165, 1.54) is 22.7 Å². The van der Waals surface area contributed by atoms with Crippen molar-refractivity contribution in [3.05, 3.63) is 35.9 Å². The van der Waals surface area contributed by atoms with Gasteiger partial charge in [-0.05, 0) is 58.6 Å². The van der Waals surface area contributed by atoms with Crippen LogP contribution in [-0.4, -0.2) is 45.0 Å². The average molecular weight is 452 g/mol. The molecule has 3 heterocycles. The Bertz CT molecular complexity index is 1060. The molecular weight excluding hydrogens is 425 g/mol. The van der Waals surface area contributed by atoms with Gasteiger partial charge in [-0.3, -0.25) is 4.79 Å². The number of aromatic nitrogens is 2. The Morgan fingerprint density at radius 2 is 1.72 bits per heavy atom. The van der Waals surface area contributed by atoms with Gasteiger partial charge >= 0.3 is 12.3 Å². The summed E-state index contributed by atoms with van der Waals surface area (Å²) in [6.45, 7) is 9.53. The van der Waals surface area contributed by atoms with Crippen LogP contribution in [0.2, 0.25) is 0 Å². The summed E-state index contributed by atoms with van der Waals surface area (Å²) in [5.74, 6) is -0.353. The number of carbonyl (C=O) groups excluding carboxylic acids is 2. The summed E-state index contributed by atoms with van der Waals surface area (Å²) in [5, 5.41) is 2.88. The third kappa shape index (κ3) is 4.02. The number of piperidine rings is 1. The SMILES string of the molecule is CC(C)(C)OC(=O)N1CC2C(C1)C2C(=O)NC(C)(C)c1nc(C(F)(F)F)c2ccccn12. The number of alkyl halides is 3. The molecule has 4 rings (SSSR count). The number of imidazole rings is 1. The lowest BCUT2D eigenvalue weighted by Crippen LogP contribution is -2.45. The van der Waals surface area contributed by atoms with Crippen molar-refractivity contribution >= 4 is 17.5 Å². The van der Waals surface area contributed by atoms with Crippen LogP contribution in [0.5, 0.6) is 0 Å². The summed E-state index contributed by atoms with van der Waals surface area (Å²) in [5.41, 5.74) is -2.76. The monoisotopic (exact) mass is 452 g/mol. The molecule has 2 aromatic heterocycles. The molecule has 0 radical (unpaired) electrons. The second-order valence-electron chi connectivity index (χ2n) is 10.1. The molecule has 32 heavy (non-hydrogen) atoms. The van der Waals surface area contributed by atoms with Crippen molar-refractivity contribution < 1.29 is 27.5 Å². The highest BCUT2D eigenvalue weighted by molar-refractivity contribution is 5.84. The summed E-state index contributed by atoms with van der Waals surface area (Å²) in [4.78, 5) is 30.6. The molecule has 1 aliphatic carbocycles. The van der Waals surface area contributed by atoms with E-state index in [1.807, 2.05) is 0 Å². The highest BCUT2D eigenvalue weighted by Crippen LogP contribution is 2.52. The van der Waals surface area contributed by atoms with E-state index in [0.717, 1.165) is 0 Å². The first kappa shape index (κ1) is 22.4. The number of amides is 2. The van der Waals surface area contributed by atoms with Gasteiger partial charge in [0.1, 0.15) is 11.4 Å². The van der Waals surface area contributed by atoms with Crippen LogP contribution in [0.15, 0.2) is 24.4 Å². The fourth-order valence-electron chi connectivity index (χ4n) is 4.53. The highest BCUT2D eigenvalue weighted by atomic mass is 19.4. The molecule has 0 aromatic carbocycles. The minimum Gasteiger partial charge on any atom is -0.444 e. The standard InChI is InChI=1S/C22H27F3N4O3/c1-20(2,3)32-19(31)28-10-12-13(11-28)15(12)17(30)27-21(4,5)18-26-16(22(23,24)25)14-8-6-7-9-29(14)18/h6-9,12-13,15H,10-11H2,1-5H3,(H,27,30). The summed E-state index contributed by atoms with van der Waals surface area (Å²) < 4.78 is 47.2. The van der Waals surface area contributed by atoms with Crippen molar-refractivity contribution in [3.8, 4) is 0 Å². The number of likely N-dealkylation sites (tertiary alicyclic amines) is 1. The van der Waals surface area contributed by atoms with Crippen LogP contribution in [0.4, 0.5) is 18.0 Å². The molecule has 2 aromatic rings. The van der Waals surface area contributed by atoms with Gasteiger partial charge in [0.25, 0.3) is 0 Å². The summed E-state index contributed by atoms with van der Waals surface area (Å²) >= 11 is 0. The topological polar surface area (TPSA) is 75.9 Å². The van der Waals surface area contributed by atoms with Crippen LogP contribution in [0.1, 0.15) is 46.1 Å². The van der Waals surface area contributed by atoms with Gasteiger partial charge in [0.2, 0.25) is 5.91 Å². The molecule has 1 saturated heterocycles. The van der Waals surface area contributed by atoms with Crippen LogP contribution < -0.4 is 5.32 Å². The maximum Gasteiger partial charge on any atom is 0.435 e. The molecule has 2 atom stereocenters. The Hall–Kier alpha value is -2.78. The average Bonchev–Trinajstić information content (AvgIpc) is 3.00. The summed E-state index contributed by atoms with van der Waals surface area (Å²) in [6.07, 6.45) is -3.50. The third-order valence-corrected chi connectivity index (χ3v) is 5.96. The first-order chi connectivity index (χ1) is 14.7. The van der Waals surface area contributed by atoms with Gasteiger partial charge < -0.3 is 19.4 Å². The lowest BCUT2D eigenvalue weighted by molar-refractivity contribution is -0.139. The number of rotatable bonds is 3. The zero-order chi connectivity index (χ0) is 23.6. The molecule has 2 fully saturated rings. The van der Waals surface area contributed by atoms with E-state index < -0.39 is 29.1 Å². The van der Waals surface area contributed by atoms with E-state index in [2.05, 4.69) is 10.3 Å². The number of fused-ring (bicyclic) bond motifs is 2. The van der Waals surface area contributed by atoms with E-state index in [9.17, 15) is 22.8 Å². The third-order valence-electron chi connectivity index (χ3n) is 5.96. The first-order valence-corrected chi connectivity index (χ1v) is 10.5. The van der Waals surface area contributed by atoms with Gasteiger partial charge in [-0.2, -0.15) is 13.2 Å². The zero-order valence-electron chi connectivity index (χ0n) is 18.7. The van der Waals surface area contributed by atoms with Crippen molar-refractivity contribution in [1.29, 1.82) is 0 Å². The number of hydrogen-bond acceptors (Lipinski definition) is 4. The molecule has 1 saturated carbocycles. The Labute approximate surface area is 183 Å². The lowest BCUT2D eigenvalue weighted by atomic mass is 10.0. The quantitative estimate of drug-likeness (QED) is 0.768. The van der Waals surface area contributed by atoms with Gasteiger partial charge in [-0.15, -0.1) is 0 Å². The van der Waals surface area contributed by atoms with Gasteiger partial charge in [-0.1, -0.05) is 6.07 Å². The van der Waals surface area contributed by atoms with E-state index in [1.54, 1.807) is 45.6 Å². The van der Waals surface area contributed by atoms with Crippen LogP contribution >= 0.6 is 0 Å². The van der Waals surface area contributed by atoms with Crippen molar-refractivity contribution in [2.75, 3.05) is 13.1 Å². The maximum atomic E-state index is 13.5. The maximum absolute atomic E-state index is 13.5. The van der Waals surface area contributed by atoms with Crippen molar-refractivity contribution in [2.45, 2.75) is 51.9 Å². The largest absolute Gasteiger partial charge is 0.444 e. The second kappa shape index (κ2) is 7.11. The molecule has 1 aliphatic heterocycles. The number of nitrogens with zero attached hydrogens (tertiary/aromatic N) is 3. The van der Waals surface area contributed by atoms with Crippen LogP contribution in [0, 0.1) is 17.8 Å². The summed E-state index contributed by atoms with van der Waals surface area (Å²) in [7, 11) is 0. The van der Waals surface area contributed by atoms with E-state index in [0.29, 0.717) is 13.1 Å². The van der Waals surface area contributed by atoms with E-state index >= 15 is 0 Å². The van der Waals surface area contributed by atoms with Crippen LogP contribution in [-0.2, 0) is 21.2 Å². The normalized spacial score (nSPS) is 23.2. The lowest BCUT2D eigenvalue weighted by Gasteiger charge is -2.27. The molecule has 1 N–H and O–H groups in total. The number of carbonyl (C=O) groups is 2. The number of pyridine rings is 1. The minimum atomic E-state index is -4.61. The molecule has 2 aliphatic rings. The smallest absolute Gasteiger partial charge is 0.435 e. The second-order valence-corrected chi connectivity index (χ2v) is 10.1. The fourth-order valence-corrected chi connectivity index (χ4v) is 4.53. The number of ether oxygens (including phenoxy) is 1. The molecule has 174 valence electrons. The Balaban J connectivity index is 1.46. The molecule has 10 heteroatoms. The predicted octanol–water partition coefficient (Wildman–Crippen LogP) is 3.82. The molecular formula is C22H27F3N4O3. The molecule has 2 amide bonds. The Morgan fingerprint density at radius 3 is 2.28 bits per heavy atom. The Kier molecular flexibility index (Phi) is 4.98. The molecule has 2 unspecified atom stereocenters. The van der Waals surface area contributed by atoms with Gasteiger partial charge in [-0.25, -0.2) is 9.78 Å². The zero-order valence-corrected chi connectivity index (χ0v) is 18.7. The molecule has 0 spiro atoms. The minimum absolute atomic E-state index is 0.0288. The van der Waals surface area contributed by atoms with Crippen molar-refractivity contribution in [2.24, 2.45) is 17.8 Å². The predicted molar refractivity (Wildman–Crippen MR) is 110 cm³/mol. The van der Waals surface area contributed by atoms with Crippen molar-refractivity contribution in [3.63, 3.8) is 0 Å². The van der Waals surface area contributed by atoms with E-state index in [4.69, 9.17) is 4.74 Å². The first-order valence-electron chi connectivity index (χ1n) is 10.5. The van der Waals surface area contributed by atoms with Gasteiger partial charge in [0, 0.05) is 25.2 Å². The highest BCUT2D eigenvalue weighted by Gasteiger charge is 2.61. The number of halogens is 3. The van der Waals surface area contributed by atoms with Gasteiger partial charge in [0.05, 0.1) is 11.1 Å². The fraction of sp³-hybridized carbons (Fsp3) is 0.591. The number of hydrogen-bond donors (Lipinski definition) is 1. The summed E-state index contributed by atoms with van der Waals surface area (Å²) in [6, 6.07) is 4.49. The van der Waals surface area contributed by atoms with Crippen LogP contribution in [0.3, 0.4) is 0 Å². The van der Waals surface area contributed by atoms with Crippen molar-refractivity contribution in [1.82, 2.24) is 19.6 Å².